The van der Waals surface area contributed by atoms with Crippen LogP contribution in [0.1, 0.15) is 62.3 Å². The van der Waals surface area contributed by atoms with Crippen LogP contribution in [0.5, 0.6) is 0 Å². The molecule has 0 radical (unpaired) electrons. The summed E-state index contributed by atoms with van der Waals surface area (Å²) in [6.07, 6.45) is 34.3. The summed E-state index contributed by atoms with van der Waals surface area (Å²) in [5, 5.41) is 7.00. The second-order valence-corrected chi connectivity index (χ2v) is 6.16. The molecule has 0 unspecified atom stereocenters. The van der Waals surface area contributed by atoms with E-state index in [-0.39, 0.29) is 0 Å². The van der Waals surface area contributed by atoms with Crippen LogP contribution in [0.15, 0.2) is 118 Å². The van der Waals surface area contributed by atoms with Crippen LogP contribution in [0.3, 0.4) is 0 Å². The molecule has 9 heteroatoms. The van der Waals surface area contributed by atoms with Crippen molar-refractivity contribution in [2.45, 2.75) is 62.3 Å². The van der Waals surface area contributed by atoms with Crippen LogP contribution in [0, 0.1) is 0 Å². The highest BCUT2D eigenvalue weighted by atomic mass is 15.1. The van der Waals surface area contributed by atoms with Gasteiger partial charge in [0, 0.05) is 91.1 Å². The van der Waals surface area contributed by atoms with E-state index in [9.17, 15) is 0 Å². The van der Waals surface area contributed by atoms with Gasteiger partial charge in [0.1, 0.15) is 6.34 Å². The van der Waals surface area contributed by atoms with Crippen molar-refractivity contribution in [1.82, 2.24) is 0 Å². The summed E-state index contributed by atoms with van der Waals surface area (Å²) >= 11 is 0. The monoisotopic (exact) mass is 584 g/mol. The van der Waals surface area contributed by atoms with Gasteiger partial charge in [-0.25, -0.2) is 0 Å². The van der Waals surface area contributed by atoms with E-state index in [4.69, 9.17) is 0 Å². The summed E-state index contributed by atoms with van der Waals surface area (Å²) in [5.41, 5.74) is 0. The standard InChI is InChI=1S/C6H10.3C5H9N.3C4H8N2/c1-3-5-6-4-2;1-3-4-5-6-2;2*1-3-5-6-4-2;1-5-3-4-6-2;1-3-6-4-5-2;1-3-4-6-5-2/h3-6H,1-2H3;3*3-5H,1-2H3;3*3-4H,1-2H3/b5-3-,6-4-;4-3-,6-5?;2*5-3-,6-4?;;;4-3-,6-5?. The van der Waals surface area contributed by atoms with Crippen molar-refractivity contribution < 1.29 is 0 Å². The Morgan fingerprint density at radius 2 is 0.738 bits per heavy atom. The Morgan fingerprint density at radius 1 is 0.357 bits per heavy atom. The van der Waals surface area contributed by atoms with Gasteiger partial charge in [-0.05, 0) is 68.4 Å². The number of aliphatic imine (C=N–C) groups is 7. The van der Waals surface area contributed by atoms with E-state index < -0.39 is 0 Å². The summed E-state index contributed by atoms with van der Waals surface area (Å²) in [6, 6.07) is 0. The molecule has 0 bridgehead atoms. The topological polar surface area (TPSA) is 111 Å². The third-order valence-corrected chi connectivity index (χ3v) is 2.72. The van der Waals surface area contributed by atoms with Crippen LogP contribution in [0.25, 0.3) is 0 Å². The lowest BCUT2D eigenvalue weighted by molar-refractivity contribution is 1.16. The van der Waals surface area contributed by atoms with Gasteiger partial charge >= 0.3 is 0 Å². The van der Waals surface area contributed by atoms with E-state index in [1.807, 2.05) is 117 Å². The Hall–Kier alpha value is -4.27. The molecule has 0 rings (SSSR count). The molecule has 0 amide bonds. The van der Waals surface area contributed by atoms with E-state index in [0.717, 1.165) is 0 Å². The number of allylic oxidation sites excluding steroid dienone is 9. The fourth-order valence-electron chi connectivity index (χ4n) is 1.14. The molecule has 0 aromatic heterocycles. The number of azo groups is 1. The first-order valence-electron chi connectivity index (χ1n) is 13.5. The highest BCUT2D eigenvalue weighted by molar-refractivity contribution is 6.15. The molecule has 0 saturated heterocycles. The van der Waals surface area contributed by atoms with Gasteiger partial charge in [0.05, 0.1) is 0 Å². The lowest BCUT2D eigenvalue weighted by Gasteiger charge is -1.64. The Balaban J connectivity index is -0.0000000681. The van der Waals surface area contributed by atoms with Gasteiger partial charge in [-0.1, -0.05) is 48.6 Å². The first-order valence-corrected chi connectivity index (χ1v) is 13.5. The summed E-state index contributed by atoms with van der Waals surface area (Å²) in [4.78, 5) is 25.9. The Morgan fingerprint density at radius 3 is 0.881 bits per heavy atom. The van der Waals surface area contributed by atoms with Gasteiger partial charge in [-0.15, -0.1) is 0 Å². The number of hydrogen-bond donors (Lipinski definition) is 0. The van der Waals surface area contributed by atoms with Gasteiger partial charge < -0.3 is 0 Å². The maximum atomic E-state index is 3.78. The largest absolute Gasteiger partial charge is 0.297 e. The van der Waals surface area contributed by atoms with E-state index in [2.05, 4.69) is 45.2 Å². The zero-order chi connectivity index (χ0) is 33.8. The van der Waals surface area contributed by atoms with Gasteiger partial charge in [0.2, 0.25) is 0 Å². The maximum Gasteiger partial charge on any atom is 0.109 e. The van der Waals surface area contributed by atoms with E-state index in [1.165, 1.54) is 6.34 Å². The average molecular weight is 584 g/mol. The molecule has 238 valence electrons. The predicted molar refractivity (Wildman–Crippen MR) is 200 cm³/mol. The first-order chi connectivity index (χ1) is 20.4. The van der Waals surface area contributed by atoms with Crippen molar-refractivity contribution in [3.8, 4) is 0 Å². The van der Waals surface area contributed by atoms with Crippen molar-refractivity contribution in [3.05, 3.63) is 73.3 Å². The van der Waals surface area contributed by atoms with Crippen LogP contribution in [-0.2, 0) is 0 Å². The van der Waals surface area contributed by atoms with Crippen LogP contribution in [0.4, 0.5) is 0 Å². The molecule has 0 N–H and O–H groups in total. The summed E-state index contributed by atoms with van der Waals surface area (Å²) in [6.45, 7) is 17.4. The number of nitrogens with zero attached hydrogens (tertiary/aromatic N) is 9. The zero-order valence-corrected chi connectivity index (χ0v) is 29.0. The molecule has 0 spiro atoms. The molecule has 0 fully saturated rings. The number of rotatable bonds is 7. The molecule has 9 nitrogen and oxygen atoms in total. The van der Waals surface area contributed by atoms with Crippen molar-refractivity contribution in [3.63, 3.8) is 0 Å². The van der Waals surface area contributed by atoms with E-state index in [0.29, 0.717) is 0 Å². The van der Waals surface area contributed by atoms with Crippen LogP contribution in [0.2, 0.25) is 0 Å². The Bertz CT molecular complexity index is 567. The molecule has 0 aliphatic rings. The Labute approximate surface area is 259 Å². The van der Waals surface area contributed by atoms with Crippen molar-refractivity contribution >= 4 is 43.6 Å². The molecule has 0 aromatic rings. The van der Waals surface area contributed by atoms with Crippen molar-refractivity contribution in [1.29, 1.82) is 0 Å². The molecule has 0 aliphatic heterocycles. The molecular weight excluding hydrogens is 522 g/mol. The fraction of sp³-hybridized carbons (Fsp3) is 0.424. The third kappa shape index (κ3) is 154. The van der Waals surface area contributed by atoms with E-state index in [1.54, 1.807) is 91.1 Å². The number of hydrogen-bond acceptors (Lipinski definition) is 8. The van der Waals surface area contributed by atoms with Crippen molar-refractivity contribution in [2.24, 2.45) is 45.2 Å². The smallest absolute Gasteiger partial charge is 0.109 e. The molecular formula is C33H61N9. The second kappa shape index (κ2) is 83.3. The van der Waals surface area contributed by atoms with Crippen LogP contribution >= 0.6 is 0 Å². The summed E-state index contributed by atoms with van der Waals surface area (Å²) in [5.74, 6) is 0. The quantitative estimate of drug-likeness (QED) is 0.123. The molecule has 0 aliphatic carbocycles. The zero-order valence-electron chi connectivity index (χ0n) is 29.0. The maximum absolute atomic E-state index is 3.78. The van der Waals surface area contributed by atoms with Gasteiger partial charge in [-0.3, -0.25) is 34.9 Å². The third-order valence-electron chi connectivity index (χ3n) is 2.72. The van der Waals surface area contributed by atoms with Crippen LogP contribution in [-0.4, -0.2) is 78.9 Å². The minimum absolute atomic E-state index is 1.50. The molecule has 42 heavy (non-hydrogen) atoms. The van der Waals surface area contributed by atoms with Gasteiger partial charge in [-0.2, -0.15) is 10.2 Å². The molecule has 0 atom stereocenters. The molecule has 0 aromatic carbocycles. The predicted octanol–water partition coefficient (Wildman–Crippen LogP) is 9.35. The minimum Gasteiger partial charge on any atom is -0.297 e. The van der Waals surface area contributed by atoms with Crippen molar-refractivity contribution in [2.75, 3.05) is 35.2 Å². The summed E-state index contributed by atoms with van der Waals surface area (Å²) in [7, 11) is 8.50. The normalized spacial score (nSPS) is 11.7. The minimum atomic E-state index is 1.50. The molecule has 0 heterocycles. The highest BCUT2D eigenvalue weighted by Crippen LogP contribution is 1.72. The molecule has 0 saturated carbocycles. The Kier molecular flexibility index (Phi) is 107. The first kappa shape index (κ1) is 53.9. The fourth-order valence-corrected chi connectivity index (χ4v) is 1.14. The lowest BCUT2D eigenvalue weighted by atomic mass is 10.5. The lowest BCUT2D eigenvalue weighted by Crippen LogP contribution is -1.69. The van der Waals surface area contributed by atoms with Crippen LogP contribution < -0.4 is 0 Å². The summed E-state index contributed by atoms with van der Waals surface area (Å²) < 4.78 is 0. The average Bonchev–Trinajstić information content (AvgIpc) is 3.03. The highest BCUT2D eigenvalue weighted by Gasteiger charge is 1.52. The van der Waals surface area contributed by atoms with Gasteiger partial charge in [0.25, 0.3) is 0 Å². The second-order valence-electron chi connectivity index (χ2n) is 6.16. The van der Waals surface area contributed by atoms with E-state index >= 15 is 0 Å². The SMILES string of the molecule is C/C=C\C=C/C.C/C=C\C=NC.C/C=C\N=NC.CC=N/C=C\C.CC=N/C=C\C.CC=NC=NC.CN=CC=NC. The van der Waals surface area contributed by atoms with Gasteiger partial charge in [0.15, 0.2) is 0 Å².